The van der Waals surface area contributed by atoms with E-state index in [0.29, 0.717) is 12.5 Å². The van der Waals surface area contributed by atoms with E-state index in [9.17, 15) is 0 Å². The van der Waals surface area contributed by atoms with Gasteiger partial charge in [0.05, 0.1) is 6.07 Å². The van der Waals surface area contributed by atoms with Gasteiger partial charge in [-0.15, -0.1) is 0 Å². The molecule has 1 saturated carbocycles. The summed E-state index contributed by atoms with van der Waals surface area (Å²) in [5, 5.41) is 12.4. The van der Waals surface area contributed by atoms with Gasteiger partial charge < -0.3 is 5.32 Å². The maximum atomic E-state index is 8.64. The van der Waals surface area contributed by atoms with Crippen molar-refractivity contribution < 1.29 is 0 Å². The molecule has 1 N–H and O–H groups in total. The van der Waals surface area contributed by atoms with E-state index in [4.69, 9.17) is 5.26 Å². The molecule has 0 aliphatic heterocycles. The first kappa shape index (κ1) is 14.5. The second kappa shape index (κ2) is 7.01. The van der Waals surface area contributed by atoms with Crippen LogP contribution in [0, 0.1) is 22.7 Å². The molecule has 0 aromatic rings. The van der Waals surface area contributed by atoms with Crippen LogP contribution in [0.2, 0.25) is 0 Å². The van der Waals surface area contributed by atoms with Gasteiger partial charge in [-0.1, -0.05) is 33.6 Å². The van der Waals surface area contributed by atoms with Crippen molar-refractivity contribution in [2.24, 2.45) is 11.3 Å². The molecule has 0 bridgehead atoms. The molecule has 0 aromatic heterocycles. The number of nitrogens with one attached hydrogen (secondary N) is 1. The quantitative estimate of drug-likeness (QED) is 0.735. The van der Waals surface area contributed by atoms with Crippen LogP contribution in [-0.4, -0.2) is 12.6 Å². The molecule has 17 heavy (non-hydrogen) atoms. The lowest BCUT2D eigenvalue weighted by Crippen LogP contribution is -2.36. The number of hydrogen-bond acceptors (Lipinski definition) is 2. The summed E-state index contributed by atoms with van der Waals surface area (Å²) in [6, 6.07) is 2.96. The van der Waals surface area contributed by atoms with Gasteiger partial charge in [0, 0.05) is 19.0 Å². The fourth-order valence-electron chi connectivity index (χ4n) is 2.59. The molecular weight excluding hydrogens is 208 g/mol. The standard InChI is InChI=1S/C15H28N2/c1-13-6-4-7-14(9-8-13)17-12-15(2,3)10-5-11-16/h13-14,17H,4-10,12H2,1-3H3. The van der Waals surface area contributed by atoms with Crippen LogP contribution >= 0.6 is 0 Å². The van der Waals surface area contributed by atoms with Gasteiger partial charge in [0.25, 0.3) is 0 Å². The molecule has 0 aromatic carbocycles. The minimum Gasteiger partial charge on any atom is -0.313 e. The first-order chi connectivity index (χ1) is 8.03. The SMILES string of the molecule is CC1CCCC(NCC(C)(C)CCC#N)CC1. The molecule has 2 nitrogen and oxygen atoms in total. The van der Waals surface area contributed by atoms with Gasteiger partial charge in [-0.25, -0.2) is 0 Å². The molecule has 0 amide bonds. The van der Waals surface area contributed by atoms with Crippen LogP contribution in [0.15, 0.2) is 0 Å². The molecule has 2 atom stereocenters. The molecule has 0 radical (unpaired) electrons. The van der Waals surface area contributed by atoms with E-state index >= 15 is 0 Å². The van der Waals surface area contributed by atoms with Gasteiger partial charge in [-0.3, -0.25) is 0 Å². The maximum absolute atomic E-state index is 8.64. The molecule has 1 fully saturated rings. The summed E-state index contributed by atoms with van der Waals surface area (Å²) in [5.41, 5.74) is 0.258. The number of nitriles is 1. The van der Waals surface area contributed by atoms with Gasteiger partial charge in [0.15, 0.2) is 0 Å². The van der Waals surface area contributed by atoms with Crippen LogP contribution in [0.25, 0.3) is 0 Å². The zero-order valence-electron chi connectivity index (χ0n) is 11.8. The summed E-state index contributed by atoms with van der Waals surface area (Å²) in [6.45, 7) is 7.94. The average molecular weight is 236 g/mol. The lowest BCUT2D eigenvalue weighted by Gasteiger charge is -2.27. The summed E-state index contributed by atoms with van der Waals surface area (Å²) >= 11 is 0. The van der Waals surface area contributed by atoms with Crippen molar-refractivity contribution in [3.05, 3.63) is 0 Å². The molecule has 1 aliphatic carbocycles. The third kappa shape index (κ3) is 6.07. The predicted octanol–water partition coefficient (Wildman–Crippen LogP) is 3.87. The third-order valence-electron chi connectivity index (χ3n) is 4.04. The molecule has 0 spiro atoms. The van der Waals surface area contributed by atoms with Crippen molar-refractivity contribution in [2.45, 2.75) is 71.8 Å². The van der Waals surface area contributed by atoms with Crippen molar-refractivity contribution in [3.8, 4) is 6.07 Å². The van der Waals surface area contributed by atoms with Crippen LogP contribution in [-0.2, 0) is 0 Å². The summed E-state index contributed by atoms with van der Waals surface area (Å²) in [7, 11) is 0. The molecule has 2 heteroatoms. The Kier molecular flexibility index (Phi) is 5.98. The largest absolute Gasteiger partial charge is 0.313 e. The molecule has 2 unspecified atom stereocenters. The highest BCUT2D eigenvalue weighted by Gasteiger charge is 2.21. The average Bonchev–Trinajstić information content (AvgIpc) is 2.49. The molecular formula is C15H28N2. The van der Waals surface area contributed by atoms with E-state index in [1.165, 1.54) is 32.1 Å². The van der Waals surface area contributed by atoms with E-state index in [1.54, 1.807) is 0 Å². The first-order valence-electron chi connectivity index (χ1n) is 7.14. The Morgan fingerprint density at radius 2 is 2.00 bits per heavy atom. The highest BCUT2D eigenvalue weighted by molar-refractivity contribution is 4.81. The summed E-state index contributed by atoms with van der Waals surface area (Å²) in [4.78, 5) is 0. The monoisotopic (exact) mass is 236 g/mol. The Balaban J connectivity index is 2.27. The van der Waals surface area contributed by atoms with Crippen molar-refractivity contribution in [1.82, 2.24) is 5.32 Å². The summed E-state index contributed by atoms with van der Waals surface area (Å²) in [5.74, 6) is 0.911. The van der Waals surface area contributed by atoms with E-state index < -0.39 is 0 Å². The fourth-order valence-corrected chi connectivity index (χ4v) is 2.59. The second-order valence-corrected chi connectivity index (χ2v) is 6.51. The topological polar surface area (TPSA) is 35.8 Å². The van der Waals surface area contributed by atoms with Crippen LogP contribution in [0.1, 0.15) is 65.7 Å². The van der Waals surface area contributed by atoms with Gasteiger partial charge >= 0.3 is 0 Å². The smallest absolute Gasteiger partial charge is 0.0621 e. The first-order valence-corrected chi connectivity index (χ1v) is 7.14. The number of rotatable bonds is 5. The van der Waals surface area contributed by atoms with Gasteiger partial charge in [0.2, 0.25) is 0 Å². The molecule has 0 saturated heterocycles. The Hall–Kier alpha value is -0.550. The minimum atomic E-state index is 0.258. The fraction of sp³-hybridized carbons (Fsp3) is 0.933. The Bertz CT molecular complexity index is 252. The van der Waals surface area contributed by atoms with Crippen LogP contribution in [0.5, 0.6) is 0 Å². The van der Waals surface area contributed by atoms with Crippen molar-refractivity contribution in [1.29, 1.82) is 5.26 Å². The summed E-state index contributed by atoms with van der Waals surface area (Å²) in [6.07, 6.45) is 8.48. The maximum Gasteiger partial charge on any atom is 0.0621 e. The van der Waals surface area contributed by atoms with Gasteiger partial charge in [-0.2, -0.15) is 5.26 Å². The molecule has 98 valence electrons. The van der Waals surface area contributed by atoms with Crippen molar-refractivity contribution in [3.63, 3.8) is 0 Å². The number of hydrogen-bond donors (Lipinski definition) is 1. The van der Waals surface area contributed by atoms with Crippen LogP contribution in [0.4, 0.5) is 0 Å². The van der Waals surface area contributed by atoms with E-state index in [0.717, 1.165) is 18.9 Å². The zero-order chi connectivity index (χ0) is 12.7. The molecule has 1 rings (SSSR count). The Labute approximate surface area is 107 Å². The highest BCUT2D eigenvalue weighted by Crippen LogP contribution is 2.25. The lowest BCUT2D eigenvalue weighted by molar-refractivity contribution is 0.290. The summed E-state index contributed by atoms with van der Waals surface area (Å²) < 4.78 is 0. The normalized spacial score (nSPS) is 26.2. The van der Waals surface area contributed by atoms with Gasteiger partial charge in [0.1, 0.15) is 0 Å². The zero-order valence-corrected chi connectivity index (χ0v) is 11.8. The third-order valence-corrected chi connectivity index (χ3v) is 4.04. The number of nitrogens with zero attached hydrogens (tertiary/aromatic N) is 1. The van der Waals surface area contributed by atoms with Gasteiger partial charge in [-0.05, 0) is 37.0 Å². The highest BCUT2D eigenvalue weighted by atomic mass is 14.9. The predicted molar refractivity (Wildman–Crippen MR) is 72.7 cm³/mol. The van der Waals surface area contributed by atoms with Crippen LogP contribution < -0.4 is 5.32 Å². The molecule has 1 aliphatic rings. The lowest BCUT2D eigenvalue weighted by atomic mass is 9.87. The van der Waals surface area contributed by atoms with Crippen molar-refractivity contribution >= 4 is 0 Å². The van der Waals surface area contributed by atoms with E-state index in [1.807, 2.05) is 0 Å². The van der Waals surface area contributed by atoms with E-state index in [-0.39, 0.29) is 5.41 Å². The minimum absolute atomic E-state index is 0.258. The van der Waals surface area contributed by atoms with Crippen LogP contribution in [0.3, 0.4) is 0 Å². The second-order valence-electron chi connectivity index (χ2n) is 6.51. The van der Waals surface area contributed by atoms with Crippen molar-refractivity contribution in [2.75, 3.05) is 6.54 Å². The Morgan fingerprint density at radius 1 is 1.24 bits per heavy atom. The van der Waals surface area contributed by atoms with E-state index in [2.05, 4.69) is 32.2 Å². The molecule has 0 heterocycles. The Morgan fingerprint density at radius 3 is 2.71 bits per heavy atom.